The summed E-state index contributed by atoms with van der Waals surface area (Å²) in [7, 11) is 4.05. The number of benzene rings is 4. The average Bonchev–Trinajstić information content (AvgIpc) is 2.94. The van der Waals surface area contributed by atoms with E-state index in [1.54, 1.807) is 0 Å². The molecular weight excluding hydrogens is 594 g/mol. The van der Waals surface area contributed by atoms with E-state index in [2.05, 4.69) is 104 Å². The molecule has 0 aliphatic heterocycles. The minimum Gasteiger partial charge on any atom is -0.507 e. The summed E-state index contributed by atoms with van der Waals surface area (Å²) in [5.41, 5.74) is 9.61. The molecule has 0 fully saturated rings. The molecule has 8 bridgehead atoms. The molecule has 0 aromatic heterocycles. The van der Waals surface area contributed by atoms with Crippen LogP contribution in [0.3, 0.4) is 0 Å². The van der Waals surface area contributed by atoms with Crippen LogP contribution in [0.4, 0.5) is 0 Å². The molecule has 0 saturated carbocycles. The molecule has 256 valence electrons. The Bertz CT molecular complexity index is 1740. The van der Waals surface area contributed by atoms with Crippen LogP contribution in [-0.4, -0.2) is 39.4 Å². The van der Waals surface area contributed by atoms with E-state index < -0.39 is 0 Å². The minimum atomic E-state index is -0.191. The summed E-state index contributed by atoms with van der Waals surface area (Å²) in [5, 5.41) is 47.5. The van der Waals surface area contributed by atoms with Gasteiger partial charge in [0, 0.05) is 32.2 Å². The minimum absolute atomic E-state index is 0.187. The van der Waals surface area contributed by atoms with Crippen molar-refractivity contribution in [2.75, 3.05) is 14.1 Å². The number of phenolic OH excluding ortho intramolecular Hbond substituents is 4. The fourth-order valence-corrected chi connectivity index (χ4v) is 6.77. The van der Waals surface area contributed by atoms with Gasteiger partial charge in [-0.2, -0.15) is 0 Å². The van der Waals surface area contributed by atoms with Crippen LogP contribution in [0.15, 0.2) is 48.5 Å². The first-order valence-corrected chi connectivity index (χ1v) is 17.2. The topological polar surface area (TPSA) is 84.2 Å². The molecule has 1 aliphatic rings. The second kappa shape index (κ2) is 12.5. The molecule has 1 aliphatic carbocycles. The molecule has 0 radical (unpaired) electrons. The Balaban J connectivity index is 1.87. The van der Waals surface area contributed by atoms with Crippen molar-refractivity contribution in [1.29, 1.82) is 0 Å². The van der Waals surface area contributed by atoms with Gasteiger partial charge in [0.25, 0.3) is 0 Å². The van der Waals surface area contributed by atoms with Gasteiger partial charge in [-0.25, -0.2) is 0 Å². The fraction of sp³-hybridized carbons (Fsp3) is 0.442. The Morgan fingerprint density at radius 3 is 0.812 bits per heavy atom. The third-order valence-electron chi connectivity index (χ3n) is 9.75. The molecule has 5 nitrogen and oxygen atoms in total. The second-order valence-electron chi connectivity index (χ2n) is 17.4. The summed E-state index contributed by atoms with van der Waals surface area (Å²) in [4.78, 5) is 2.10. The average molecular weight is 650 g/mol. The van der Waals surface area contributed by atoms with Gasteiger partial charge < -0.3 is 25.3 Å². The predicted octanol–water partition coefficient (Wildman–Crippen LogP) is 9.14. The highest BCUT2D eigenvalue weighted by Gasteiger charge is 2.26. The largest absolute Gasteiger partial charge is 0.507 e. The van der Waals surface area contributed by atoms with E-state index in [-0.39, 0.29) is 39.2 Å². The van der Waals surface area contributed by atoms with E-state index in [1.807, 2.05) is 26.2 Å². The Kier molecular flexibility index (Phi) is 9.20. The number of phenols is 4. The molecule has 0 atom stereocenters. The monoisotopic (exact) mass is 649 g/mol. The second-order valence-corrected chi connectivity index (χ2v) is 17.4. The molecule has 4 N–H and O–H groups in total. The summed E-state index contributed by atoms with van der Waals surface area (Å²) in [6.07, 6.45) is 1.34. The van der Waals surface area contributed by atoms with Crippen molar-refractivity contribution >= 4 is 0 Å². The highest BCUT2D eigenvalue weighted by molar-refractivity contribution is 5.58. The highest BCUT2D eigenvalue weighted by Crippen LogP contribution is 2.42. The molecule has 0 unspecified atom stereocenters. The Morgan fingerprint density at radius 2 is 0.625 bits per heavy atom. The molecule has 4 aromatic carbocycles. The zero-order valence-corrected chi connectivity index (χ0v) is 30.9. The standard InChI is InChI=1S/C43H55NO4/c1-41(2,3)34-18-28-14-26-12-25(24-44(10)11)13-27(37(26)45)15-29-19-35(42(4,5)6)21-31(39(29)47)17-33-23-36(43(7,8)9)22-32(40(33)48)16-30(20-34)38(28)46/h12-13,18-23,45-48H,14-17,24H2,1-11H3. The van der Waals surface area contributed by atoms with E-state index in [0.717, 1.165) is 66.8 Å². The third-order valence-corrected chi connectivity index (χ3v) is 9.75. The van der Waals surface area contributed by atoms with Crippen molar-refractivity contribution in [1.82, 2.24) is 4.90 Å². The maximum Gasteiger partial charge on any atom is 0.122 e. The van der Waals surface area contributed by atoms with Crippen LogP contribution in [0.1, 0.15) is 129 Å². The van der Waals surface area contributed by atoms with Gasteiger partial charge in [0.15, 0.2) is 0 Å². The van der Waals surface area contributed by atoms with Crippen molar-refractivity contribution < 1.29 is 20.4 Å². The first-order valence-electron chi connectivity index (χ1n) is 17.2. The SMILES string of the molecule is CN(C)Cc1cc2c(O)c(c1)Cc1cc(C(C)(C)C)cc(c1O)Cc1cc(C(C)(C)C)cc(c1O)Cc1cc(C(C)(C)C)cc(c1O)C2. The number of fused-ring (bicyclic) bond motifs is 8. The van der Waals surface area contributed by atoms with E-state index in [4.69, 9.17) is 0 Å². The van der Waals surface area contributed by atoms with Gasteiger partial charge in [0.05, 0.1) is 0 Å². The maximum absolute atomic E-state index is 11.9. The smallest absolute Gasteiger partial charge is 0.122 e. The molecule has 4 aromatic rings. The molecule has 0 spiro atoms. The zero-order valence-electron chi connectivity index (χ0n) is 30.9. The zero-order chi connectivity index (χ0) is 35.5. The summed E-state index contributed by atoms with van der Waals surface area (Å²) < 4.78 is 0. The lowest BCUT2D eigenvalue weighted by Crippen LogP contribution is -2.15. The lowest BCUT2D eigenvalue weighted by molar-refractivity contribution is 0.401. The van der Waals surface area contributed by atoms with Crippen molar-refractivity contribution in [3.63, 3.8) is 0 Å². The lowest BCUT2D eigenvalue weighted by Gasteiger charge is -2.26. The van der Waals surface area contributed by atoms with E-state index >= 15 is 0 Å². The van der Waals surface area contributed by atoms with Crippen LogP contribution in [0.2, 0.25) is 0 Å². The van der Waals surface area contributed by atoms with Gasteiger partial charge in [-0.1, -0.05) is 111 Å². The van der Waals surface area contributed by atoms with Crippen molar-refractivity contribution in [3.8, 4) is 23.0 Å². The quantitative estimate of drug-likeness (QED) is 0.153. The maximum atomic E-state index is 11.9. The Morgan fingerprint density at radius 1 is 0.417 bits per heavy atom. The number of hydrogen-bond acceptors (Lipinski definition) is 5. The first-order chi connectivity index (χ1) is 22.1. The number of nitrogens with zero attached hydrogens (tertiary/aromatic N) is 1. The van der Waals surface area contributed by atoms with Crippen LogP contribution < -0.4 is 0 Å². The molecule has 0 amide bonds. The van der Waals surface area contributed by atoms with Gasteiger partial charge in [0.2, 0.25) is 0 Å². The van der Waals surface area contributed by atoms with Gasteiger partial charge in [0.1, 0.15) is 23.0 Å². The van der Waals surface area contributed by atoms with E-state index in [9.17, 15) is 20.4 Å². The van der Waals surface area contributed by atoms with Gasteiger partial charge in [-0.15, -0.1) is 0 Å². The molecular formula is C43H55NO4. The normalized spacial score (nSPS) is 14.0. The molecule has 5 rings (SSSR count). The molecule has 0 saturated heterocycles. The highest BCUT2D eigenvalue weighted by atomic mass is 16.3. The van der Waals surface area contributed by atoms with Crippen LogP contribution >= 0.6 is 0 Å². The van der Waals surface area contributed by atoms with E-state index in [1.165, 1.54) is 0 Å². The molecule has 5 heteroatoms. The number of rotatable bonds is 2. The fourth-order valence-electron chi connectivity index (χ4n) is 6.77. The van der Waals surface area contributed by atoms with Crippen LogP contribution in [0, 0.1) is 0 Å². The third kappa shape index (κ3) is 7.37. The molecule has 0 heterocycles. The predicted molar refractivity (Wildman–Crippen MR) is 197 cm³/mol. The summed E-state index contributed by atoms with van der Waals surface area (Å²) in [6, 6.07) is 16.4. The van der Waals surface area contributed by atoms with Crippen molar-refractivity contribution in [3.05, 3.63) is 115 Å². The Hall–Kier alpha value is -3.96. The van der Waals surface area contributed by atoms with Crippen molar-refractivity contribution in [2.45, 2.75) is 111 Å². The Labute approximate surface area is 287 Å². The van der Waals surface area contributed by atoms with Crippen molar-refractivity contribution in [2.24, 2.45) is 0 Å². The van der Waals surface area contributed by atoms with Crippen LogP contribution in [-0.2, 0) is 48.5 Å². The molecule has 48 heavy (non-hydrogen) atoms. The summed E-state index contributed by atoms with van der Waals surface area (Å²) >= 11 is 0. The van der Waals surface area contributed by atoms with E-state index in [0.29, 0.717) is 32.2 Å². The van der Waals surface area contributed by atoms with Gasteiger partial charge in [-0.3, -0.25) is 0 Å². The van der Waals surface area contributed by atoms with Gasteiger partial charge in [-0.05, 0) is 97.1 Å². The van der Waals surface area contributed by atoms with Crippen LogP contribution in [0.5, 0.6) is 23.0 Å². The summed E-state index contributed by atoms with van der Waals surface area (Å²) in [5.74, 6) is 0.754. The first kappa shape index (κ1) is 35.3. The lowest BCUT2D eigenvalue weighted by atomic mass is 9.80. The summed E-state index contributed by atoms with van der Waals surface area (Å²) in [6.45, 7) is 20.1. The van der Waals surface area contributed by atoms with Gasteiger partial charge >= 0.3 is 0 Å². The number of aromatic hydroxyl groups is 4. The number of hydrogen-bond donors (Lipinski definition) is 4. The van der Waals surface area contributed by atoms with Crippen LogP contribution in [0.25, 0.3) is 0 Å².